The number of hydrogen-bond donors (Lipinski definition) is 2. The summed E-state index contributed by atoms with van der Waals surface area (Å²) >= 11 is 0. The Labute approximate surface area is 126 Å². The average molecular weight is 313 g/mol. The zero-order chi connectivity index (χ0) is 16.2. The van der Waals surface area contributed by atoms with Crippen molar-refractivity contribution in [2.75, 3.05) is 6.54 Å². The van der Waals surface area contributed by atoms with Crippen LogP contribution in [0.1, 0.15) is 48.2 Å². The van der Waals surface area contributed by atoms with E-state index in [9.17, 15) is 13.2 Å². The van der Waals surface area contributed by atoms with Gasteiger partial charge in [0.15, 0.2) is 0 Å². The summed E-state index contributed by atoms with van der Waals surface area (Å²) in [4.78, 5) is 11.2. The molecule has 0 aliphatic rings. The molecule has 0 aromatic heterocycles. The molecular formula is C15H23NO4S. The van der Waals surface area contributed by atoms with Gasteiger partial charge >= 0.3 is 5.97 Å². The van der Waals surface area contributed by atoms with E-state index in [0.717, 1.165) is 12.8 Å². The van der Waals surface area contributed by atoms with E-state index in [1.807, 2.05) is 0 Å². The fourth-order valence-corrected chi connectivity index (χ4v) is 3.47. The van der Waals surface area contributed by atoms with Gasteiger partial charge in [0, 0.05) is 6.54 Å². The first-order valence-corrected chi connectivity index (χ1v) is 8.47. The van der Waals surface area contributed by atoms with Crippen LogP contribution in [0.4, 0.5) is 0 Å². The van der Waals surface area contributed by atoms with E-state index >= 15 is 0 Å². The van der Waals surface area contributed by atoms with Crippen LogP contribution in [0.15, 0.2) is 17.0 Å². The highest BCUT2D eigenvalue weighted by atomic mass is 32.2. The minimum absolute atomic E-state index is 0.0168. The molecule has 0 fully saturated rings. The van der Waals surface area contributed by atoms with Gasteiger partial charge in [0.25, 0.3) is 0 Å². The normalized spacial score (nSPS) is 11.9. The van der Waals surface area contributed by atoms with E-state index < -0.39 is 16.0 Å². The van der Waals surface area contributed by atoms with Crippen molar-refractivity contribution in [3.8, 4) is 0 Å². The Bertz CT molecular complexity index is 621. The molecule has 1 aromatic rings. The van der Waals surface area contributed by atoms with Crippen LogP contribution in [0.25, 0.3) is 0 Å². The maximum absolute atomic E-state index is 12.3. The lowest BCUT2D eigenvalue weighted by molar-refractivity contribution is 0.0696. The number of rotatable bonds is 7. The van der Waals surface area contributed by atoms with Crippen molar-refractivity contribution >= 4 is 16.0 Å². The van der Waals surface area contributed by atoms with Gasteiger partial charge in [-0.25, -0.2) is 17.9 Å². The molecule has 0 saturated heterocycles. The molecule has 0 spiro atoms. The fraction of sp³-hybridized carbons (Fsp3) is 0.533. The molecule has 0 bridgehead atoms. The molecule has 0 aliphatic carbocycles. The van der Waals surface area contributed by atoms with Crippen LogP contribution in [-0.4, -0.2) is 26.0 Å². The number of sulfonamides is 1. The smallest absolute Gasteiger partial charge is 0.335 e. The van der Waals surface area contributed by atoms with E-state index in [4.69, 9.17) is 5.11 Å². The van der Waals surface area contributed by atoms with Crippen molar-refractivity contribution in [3.05, 3.63) is 28.8 Å². The Balaban J connectivity index is 2.97. The van der Waals surface area contributed by atoms with Crippen LogP contribution in [0.3, 0.4) is 0 Å². The molecule has 0 radical (unpaired) electrons. The van der Waals surface area contributed by atoms with Gasteiger partial charge in [-0.15, -0.1) is 0 Å². The van der Waals surface area contributed by atoms with E-state index in [1.54, 1.807) is 19.9 Å². The molecule has 5 nitrogen and oxygen atoms in total. The molecule has 0 aliphatic heterocycles. The predicted octanol–water partition coefficient (Wildman–Crippen LogP) is 2.72. The third-order valence-electron chi connectivity index (χ3n) is 3.29. The number of benzene rings is 1. The summed E-state index contributed by atoms with van der Waals surface area (Å²) in [6.45, 7) is 7.84. The first-order chi connectivity index (χ1) is 9.65. The Kier molecular flexibility index (Phi) is 5.92. The SMILES string of the molecule is Cc1cc(C)c(S(=O)(=O)NCCCC(C)C)cc1C(=O)O. The van der Waals surface area contributed by atoms with Crippen LogP contribution in [0.5, 0.6) is 0 Å². The maximum Gasteiger partial charge on any atom is 0.335 e. The van der Waals surface area contributed by atoms with Crippen LogP contribution in [-0.2, 0) is 10.0 Å². The summed E-state index contributed by atoms with van der Waals surface area (Å²) in [5, 5.41) is 9.11. The first kappa shape index (κ1) is 17.7. The monoisotopic (exact) mass is 313 g/mol. The second kappa shape index (κ2) is 7.04. The predicted molar refractivity (Wildman–Crippen MR) is 82.1 cm³/mol. The van der Waals surface area contributed by atoms with Crippen LogP contribution < -0.4 is 4.72 Å². The highest BCUT2D eigenvalue weighted by Gasteiger charge is 2.20. The highest BCUT2D eigenvalue weighted by molar-refractivity contribution is 7.89. The van der Waals surface area contributed by atoms with Crippen molar-refractivity contribution < 1.29 is 18.3 Å². The van der Waals surface area contributed by atoms with Crippen LogP contribution >= 0.6 is 0 Å². The van der Waals surface area contributed by atoms with E-state index in [-0.39, 0.29) is 10.5 Å². The minimum Gasteiger partial charge on any atom is -0.478 e. The summed E-state index contributed by atoms with van der Waals surface area (Å²) in [6.07, 6.45) is 1.70. The Morgan fingerprint density at radius 1 is 1.24 bits per heavy atom. The second-order valence-corrected chi connectivity index (χ2v) is 7.41. The Hall–Kier alpha value is -1.40. The summed E-state index contributed by atoms with van der Waals surface area (Å²) in [5.41, 5.74) is 1.12. The van der Waals surface area contributed by atoms with Gasteiger partial charge in [-0.1, -0.05) is 19.9 Å². The topological polar surface area (TPSA) is 83.5 Å². The number of carboxylic acids is 1. The number of aromatic carboxylic acids is 1. The van der Waals surface area contributed by atoms with E-state index in [1.165, 1.54) is 6.07 Å². The van der Waals surface area contributed by atoms with Crippen molar-refractivity contribution in [3.63, 3.8) is 0 Å². The third kappa shape index (κ3) is 4.82. The standard InChI is InChI=1S/C15H23NO4S/c1-10(2)6-5-7-16-21(19,20)14-9-13(15(17)18)11(3)8-12(14)4/h8-10,16H,5-7H2,1-4H3,(H,17,18). The number of carbonyl (C=O) groups is 1. The van der Waals surface area contributed by atoms with Gasteiger partial charge in [-0.3, -0.25) is 0 Å². The molecule has 0 unspecified atom stereocenters. The van der Waals surface area contributed by atoms with Gasteiger partial charge in [-0.2, -0.15) is 0 Å². The second-order valence-electron chi connectivity index (χ2n) is 5.67. The summed E-state index contributed by atoms with van der Waals surface area (Å²) < 4.78 is 27.1. The summed E-state index contributed by atoms with van der Waals surface area (Å²) in [6, 6.07) is 2.82. The number of hydrogen-bond acceptors (Lipinski definition) is 3. The summed E-state index contributed by atoms with van der Waals surface area (Å²) in [7, 11) is -3.68. The number of aryl methyl sites for hydroxylation is 2. The maximum atomic E-state index is 12.3. The Morgan fingerprint density at radius 2 is 1.86 bits per heavy atom. The van der Waals surface area contributed by atoms with Crippen molar-refractivity contribution in [2.45, 2.75) is 45.4 Å². The lowest BCUT2D eigenvalue weighted by Gasteiger charge is -2.12. The first-order valence-electron chi connectivity index (χ1n) is 6.99. The van der Waals surface area contributed by atoms with Crippen LogP contribution in [0.2, 0.25) is 0 Å². The number of nitrogens with one attached hydrogen (secondary N) is 1. The largest absolute Gasteiger partial charge is 0.478 e. The molecule has 21 heavy (non-hydrogen) atoms. The van der Waals surface area contributed by atoms with Gasteiger partial charge in [0.2, 0.25) is 10.0 Å². The molecule has 6 heteroatoms. The van der Waals surface area contributed by atoms with Crippen LogP contribution in [0, 0.1) is 19.8 Å². The van der Waals surface area contributed by atoms with E-state index in [2.05, 4.69) is 18.6 Å². The fourth-order valence-electron chi connectivity index (χ4n) is 2.15. The van der Waals surface area contributed by atoms with Crippen molar-refractivity contribution in [1.29, 1.82) is 0 Å². The van der Waals surface area contributed by atoms with E-state index in [0.29, 0.717) is 23.6 Å². The number of carboxylic acid groups (broad SMARTS) is 1. The third-order valence-corrected chi connectivity index (χ3v) is 4.90. The minimum atomic E-state index is -3.68. The van der Waals surface area contributed by atoms with Crippen molar-refractivity contribution in [1.82, 2.24) is 4.72 Å². The molecule has 2 N–H and O–H groups in total. The zero-order valence-corrected chi connectivity index (χ0v) is 13.8. The summed E-state index contributed by atoms with van der Waals surface area (Å²) in [5.74, 6) is -0.599. The molecule has 0 heterocycles. The Morgan fingerprint density at radius 3 is 2.38 bits per heavy atom. The van der Waals surface area contributed by atoms with Gasteiger partial charge in [-0.05, 0) is 49.8 Å². The lowest BCUT2D eigenvalue weighted by Crippen LogP contribution is -2.26. The lowest BCUT2D eigenvalue weighted by atomic mass is 10.1. The quantitative estimate of drug-likeness (QED) is 0.758. The molecule has 118 valence electrons. The molecule has 0 atom stereocenters. The van der Waals surface area contributed by atoms with Gasteiger partial charge < -0.3 is 5.11 Å². The molecular weight excluding hydrogens is 290 g/mol. The average Bonchev–Trinajstić information content (AvgIpc) is 2.33. The van der Waals surface area contributed by atoms with Crippen molar-refractivity contribution in [2.24, 2.45) is 5.92 Å². The molecule has 1 aromatic carbocycles. The zero-order valence-electron chi connectivity index (χ0n) is 12.9. The van der Waals surface area contributed by atoms with Gasteiger partial charge in [0.05, 0.1) is 10.5 Å². The molecule has 1 rings (SSSR count). The molecule has 0 amide bonds. The molecule has 0 saturated carbocycles. The van der Waals surface area contributed by atoms with Gasteiger partial charge in [0.1, 0.15) is 0 Å². The highest BCUT2D eigenvalue weighted by Crippen LogP contribution is 2.20.